The maximum absolute atomic E-state index is 13.6. The topological polar surface area (TPSA) is 31.2 Å². The Morgan fingerprint density at radius 1 is 1.11 bits per heavy atom. The van der Waals surface area contributed by atoms with Crippen molar-refractivity contribution in [1.82, 2.24) is 4.57 Å². The number of aryl methyl sites for hydroxylation is 1. The fourth-order valence-electron chi connectivity index (χ4n) is 2.78. The second-order valence-corrected chi connectivity index (χ2v) is 6.99. The molecule has 3 nitrogen and oxygen atoms in total. The summed E-state index contributed by atoms with van der Waals surface area (Å²) in [6.07, 6.45) is 0. The molecule has 2 aromatic heterocycles. The van der Waals surface area contributed by atoms with E-state index in [0.717, 1.165) is 10.6 Å². The van der Waals surface area contributed by atoms with Crippen molar-refractivity contribution in [2.45, 2.75) is 20.4 Å². The third-order valence-corrected chi connectivity index (χ3v) is 5.05. The molecule has 27 heavy (non-hydrogen) atoms. The third kappa shape index (κ3) is 3.75. The molecule has 0 saturated heterocycles. The van der Waals surface area contributed by atoms with Gasteiger partial charge in [-0.1, -0.05) is 6.07 Å². The van der Waals surface area contributed by atoms with Gasteiger partial charge in [0.05, 0.1) is 6.54 Å². The first-order chi connectivity index (χ1) is 12.8. The number of halogens is 4. The lowest BCUT2D eigenvalue weighted by Crippen LogP contribution is -2.15. The molecular formula is C19H15F4NO2S. The molecule has 3 rings (SSSR count). The highest BCUT2D eigenvalue weighted by Crippen LogP contribution is 2.27. The van der Waals surface area contributed by atoms with E-state index < -0.39 is 41.4 Å². The summed E-state index contributed by atoms with van der Waals surface area (Å²) in [4.78, 5) is 13.5. The standard InChI is InChI=1S/C19H15F4NO2S/c1-10-6-13(11(2)24(10)8-12-4-3-5-27-12)16(25)9-26-19-17(22)14(20)7-15(21)18(19)23/h3-7H,8-9H2,1-2H3. The summed E-state index contributed by atoms with van der Waals surface area (Å²) in [7, 11) is 0. The Kier molecular flexibility index (Phi) is 5.36. The van der Waals surface area contributed by atoms with Crippen LogP contribution in [0.15, 0.2) is 29.6 Å². The van der Waals surface area contributed by atoms with Crippen molar-refractivity contribution in [1.29, 1.82) is 0 Å². The summed E-state index contributed by atoms with van der Waals surface area (Å²) >= 11 is 1.58. The number of hydrogen-bond donors (Lipinski definition) is 0. The first-order valence-corrected chi connectivity index (χ1v) is 8.85. The van der Waals surface area contributed by atoms with E-state index in [-0.39, 0.29) is 6.07 Å². The predicted molar refractivity (Wildman–Crippen MR) is 93.4 cm³/mol. The Morgan fingerprint density at radius 3 is 2.37 bits per heavy atom. The zero-order valence-electron chi connectivity index (χ0n) is 14.5. The molecule has 0 bridgehead atoms. The fourth-order valence-corrected chi connectivity index (χ4v) is 3.47. The van der Waals surface area contributed by atoms with Crippen LogP contribution in [0.5, 0.6) is 5.75 Å². The van der Waals surface area contributed by atoms with Crippen molar-refractivity contribution in [3.8, 4) is 5.75 Å². The summed E-state index contributed by atoms with van der Waals surface area (Å²) in [6, 6.07) is 5.62. The second kappa shape index (κ2) is 7.56. The van der Waals surface area contributed by atoms with E-state index in [1.807, 2.05) is 29.0 Å². The highest BCUT2D eigenvalue weighted by Gasteiger charge is 2.23. The molecular weight excluding hydrogens is 382 g/mol. The number of thiophene rings is 1. The van der Waals surface area contributed by atoms with Crippen LogP contribution in [0.25, 0.3) is 0 Å². The third-order valence-electron chi connectivity index (χ3n) is 4.19. The summed E-state index contributed by atoms with van der Waals surface area (Å²) in [5, 5.41) is 1.95. The van der Waals surface area contributed by atoms with Crippen molar-refractivity contribution in [3.05, 3.63) is 74.7 Å². The van der Waals surface area contributed by atoms with Crippen molar-refractivity contribution in [2.24, 2.45) is 0 Å². The van der Waals surface area contributed by atoms with Crippen LogP contribution >= 0.6 is 11.3 Å². The van der Waals surface area contributed by atoms with Gasteiger partial charge in [-0.05, 0) is 31.4 Å². The van der Waals surface area contributed by atoms with Crippen LogP contribution in [0, 0.1) is 37.1 Å². The molecule has 1 aromatic carbocycles. The first-order valence-electron chi connectivity index (χ1n) is 7.97. The Bertz CT molecular complexity index is 970. The normalized spacial score (nSPS) is 11.0. The Balaban J connectivity index is 1.80. The van der Waals surface area contributed by atoms with E-state index in [9.17, 15) is 22.4 Å². The predicted octanol–water partition coefficient (Wildman–Crippen LogP) is 5.03. The highest BCUT2D eigenvalue weighted by molar-refractivity contribution is 7.09. The molecule has 0 saturated carbocycles. The number of Topliss-reactive ketones (excluding diaryl/α,β-unsaturated/α-hetero) is 1. The average molecular weight is 397 g/mol. The van der Waals surface area contributed by atoms with E-state index in [1.54, 1.807) is 24.3 Å². The smallest absolute Gasteiger partial charge is 0.203 e. The van der Waals surface area contributed by atoms with Crippen LogP contribution in [0.3, 0.4) is 0 Å². The van der Waals surface area contributed by atoms with Crippen molar-refractivity contribution < 1.29 is 27.1 Å². The van der Waals surface area contributed by atoms with Gasteiger partial charge >= 0.3 is 0 Å². The minimum atomic E-state index is -1.68. The molecule has 0 N–H and O–H groups in total. The van der Waals surface area contributed by atoms with Crippen molar-refractivity contribution >= 4 is 17.1 Å². The van der Waals surface area contributed by atoms with Crippen LogP contribution in [0.1, 0.15) is 26.6 Å². The molecule has 0 radical (unpaired) electrons. The Morgan fingerprint density at radius 2 is 1.78 bits per heavy atom. The van der Waals surface area contributed by atoms with Crippen LogP contribution in [-0.2, 0) is 6.54 Å². The minimum absolute atomic E-state index is 0.0809. The first kappa shape index (κ1) is 19.2. The van der Waals surface area contributed by atoms with E-state index in [2.05, 4.69) is 0 Å². The molecule has 0 aliphatic rings. The number of ether oxygens (including phenoxy) is 1. The van der Waals surface area contributed by atoms with Crippen LogP contribution in [0.2, 0.25) is 0 Å². The number of ketones is 1. The molecule has 2 heterocycles. The van der Waals surface area contributed by atoms with Crippen molar-refractivity contribution in [3.63, 3.8) is 0 Å². The van der Waals surface area contributed by atoms with E-state index in [1.165, 1.54) is 0 Å². The Hall–Kier alpha value is -2.61. The lowest BCUT2D eigenvalue weighted by molar-refractivity contribution is 0.0913. The van der Waals surface area contributed by atoms with Gasteiger partial charge in [0.2, 0.25) is 17.4 Å². The van der Waals surface area contributed by atoms with Gasteiger partial charge in [0, 0.05) is 27.9 Å². The van der Waals surface area contributed by atoms with Gasteiger partial charge in [-0.3, -0.25) is 4.79 Å². The van der Waals surface area contributed by atoms with Crippen LogP contribution in [-0.4, -0.2) is 17.0 Å². The number of rotatable bonds is 6. The Labute approximate surface area is 156 Å². The van der Waals surface area contributed by atoms with Gasteiger partial charge in [0.1, 0.15) is 0 Å². The molecule has 0 aliphatic heterocycles. The quantitative estimate of drug-likeness (QED) is 0.332. The summed E-state index contributed by atoms with van der Waals surface area (Å²) < 4.78 is 60.4. The van der Waals surface area contributed by atoms with Gasteiger partial charge in [-0.15, -0.1) is 11.3 Å². The lowest BCUT2D eigenvalue weighted by atomic mass is 10.1. The number of carbonyl (C=O) groups excluding carboxylic acids is 1. The van der Waals surface area contributed by atoms with Gasteiger partial charge in [-0.25, -0.2) is 8.78 Å². The number of hydrogen-bond acceptors (Lipinski definition) is 3. The summed E-state index contributed by atoms with van der Waals surface area (Å²) in [5.74, 6) is -8.33. The van der Waals surface area contributed by atoms with E-state index >= 15 is 0 Å². The molecule has 3 aromatic rings. The molecule has 142 valence electrons. The van der Waals surface area contributed by atoms with E-state index in [0.29, 0.717) is 17.8 Å². The van der Waals surface area contributed by atoms with Gasteiger partial charge in [0.25, 0.3) is 0 Å². The van der Waals surface area contributed by atoms with E-state index in [4.69, 9.17) is 4.74 Å². The number of nitrogens with zero attached hydrogens (tertiary/aromatic N) is 1. The number of aromatic nitrogens is 1. The maximum Gasteiger partial charge on any atom is 0.203 e. The second-order valence-electron chi connectivity index (χ2n) is 5.96. The van der Waals surface area contributed by atoms with Crippen molar-refractivity contribution in [2.75, 3.05) is 6.61 Å². The summed E-state index contributed by atoms with van der Waals surface area (Å²) in [5.41, 5.74) is 1.82. The minimum Gasteiger partial charge on any atom is -0.479 e. The fraction of sp³-hybridized carbons (Fsp3) is 0.211. The van der Waals surface area contributed by atoms with Crippen LogP contribution in [0.4, 0.5) is 17.6 Å². The average Bonchev–Trinajstić information content (AvgIpc) is 3.23. The lowest BCUT2D eigenvalue weighted by Gasteiger charge is -2.10. The molecule has 0 fully saturated rings. The maximum atomic E-state index is 13.6. The zero-order chi connectivity index (χ0) is 19.7. The van der Waals surface area contributed by atoms with Gasteiger partial charge < -0.3 is 9.30 Å². The highest BCUT2D eigenvalue weighted by atomic mass is 32.1. The number of benzene rings is 1. The van der Waals surface area contributed by atoms with Crippen LogP contribution < -0.4 is 4.74 Å². The summed E-state index contributed by atoms with van der Waals surface area (Å²) in [6.45, 7) is 3.41. The van der Waals surface area contributed by atoms with Gasteiger partial charge in [0.15, 0.2) is 24.0 Å². The largest absolute Gasteiger partial charge is 0.479 e. The van der Waals surface area contributed by atoms with Gasteiger partial charge in [-0.2, -0.15) is 8.78 Å². The molecule has 0 aliphatic carbocycles. The molecule has 8 heteroatoms. The monoisotopic (exact) mass is 397 g/mol. The molecule has 0 unspecified atom stereocenters. The molecule has 0 atom stereocenters. The molecule has 0 spiro atoms. The molecule has 0 amide bonds. The zero-order valence-corrected chi connectivity index (χ0v) is 15.3. The number of carbonyl (C=O) groups is 1. The SMILES string of the molecule is Cc1cc(C(=O)COc2c(F)c(F)cc(F)c2F)c(C)n1Cc1cccs1.